The number of carbonyl (C=O) groups is 1. The number of carbonyl (C=O) groups excluding carboxylic acids is 1. The van der Waals surface area contributed by atoms with Crippen LogP contribution in [0.2, 0.25) is 5.02 Å². The van der Waals surface area contributed by atoms with Gasteiger partial charge in [-0.1, -0.05) is 29.8 Å². The van der Waals surface area contributed by atoms with Gasteiger partial charge < -0.3 is 24.4 Å². The van der Waals surface area contributed by atoms with E-state index in [4.69, 9.17) is 25.8 Å². The summed E-state index contributed by atoms with van der Waals surface area (Å²) in [5, 5.41) is 19.9. The Morgan fingerprint density at radius 3 is 2.79 bits per heavy atom. The van der Waals surface area contributed by atoms with Crippen LogP contribution < -0.4 is 4.74 Å². The molecular weight excluding hydrogens is 418 g/mol. The van der Waals surface area contributed by atoms with Crippen LogP contribution in [-0.2, 0) is 27.2 Å². The molecule has 0 aliphatic carbocycles. The van der Waals surface area contributed by atoms with Gasteiger partial charge in [-0.15, -0.1) is 11.3 Å². The fraction of sp³-hybridized carbons (Fsp3) is 0.450. The minimum Gasteiger partial charge on any atom is -0.468 e. The summed E-state index contributed by atoms with van der Waals surface area (Å²) in [5.41, 5.74) is 1.78. The smallest absolute Gasteiger partial charge is 0.327 e. The van der Waals surface area contributed by atoms with Crippen LogP contribution in [0.1, 0.15) is 29.0 Å². The van der Waals surface area contributed by atoms with Gasteiger partial charge >= 0.3 is 5.97 Å². The second kappa shape index (κ2) is 9.88. The van der Waals surface area contributed by atoms with Gasteiger partial charge in [-0.25, -0.2) is 4.79 Å². The van der Waals surface area contributed by atoms with Crippen molar-refractivity contribution in [1.29, 1.82) is 0 Å². The molecule has 0 radical (unpaired) electrons. The summed E-state index contributed by atoms with van der Waals surface area (Å²) in [4.78, 5) is 15.8. The first-order chi connectivity index (χ1) is 13.9. The van der Waals surface area contributed by atoms with E-state index in [0.29, 0.717) is 23.2 Å². The van der Waals surface area contributed by atoms with E-state index in [9.17, 15) is 15.0 Å². The van der Waals surface area contributed by atoms with Crippen LogP contribution in [0.5, 0.6) is 5.06 Å². The lowest BCUT2D eigenvalue weighted by Gasteiger charge is -2.33. The van der Waals surface area contributed by atoms with Crippen LogP contribution in [0.3, 0.4) is 0 Å². The molecular formula is C20H24ClNO6S. The number of benzene rings is 1. The Labute approximate surface area is 178 Å². The molecule has 3 atom stereocenters. The zero-order valence-electron chi connectivity index (χ0n) is 16.2. The maximum absolute atomic E-state index is 12.5. The monoisotopic (exact) mass is 441 g/mol. The maximum Gasteiger partial charge on any atom is 0.327 e. The number of aliphatic hydroxyl groups excluding tert-OH is 2. The molecule has 9 heteroatoms. The van der Waals surface area contributed by atoms with Crippen molar-refractivity contribution in [3.63, 3.8) is 0 Å². The molecule has 0 saturated heterocycles. The second-order valence-corrected chi connectivity index (χ2v) is 8.25. The van der Waals surface area contributed by atoms with Crippen molar-refractivity contribution in [2.45, 2.75) is 38.3 Å². The third kappa shape index (κ3) is 5.28. The SMILES string of the molecule is COC(=O)C(c1ccccc1Cl)N1CCc2sc(OCOC(O)C(C)O)cc2C1. The summed E-state index contributed by atoms with van der Waals surface area (Å²) in [6, 6.07) is 8.60. The van der Waals surface area contributed by atoms with E-state index in [1.165, 1.54) is 30.2 Å². The van der Waals surface area contributed by atoms with Crippen molar-refractivity contribution in [1.82, 2.24) is 4.90 Å². The molecule has 0 spiro atoms. The summed E-state index contributed by atoms with van der Waals surface area (Å²) < 4.78 is 15.6. The van der Waals surface area contributed by atoms with E-state index in [1.54, 1.807) is 6.07 Å². The van der Waals surface area contributed by atoms with Crippen molar-refractivity contribution in [3.8, 4) is 5.06 Å². The first-order valence-electron chi connectivity index (χ1n) is 9.19. The molecule has 158 valence electrons. The number of hydrogen-bond acceptors (Lipinski definition) is 8. The van der Waals surface area contributed by atoms with Crippen LogP contribution >= 0.6 is 22.9 Å². The van der Waals surface area contributed by atoms with Gasteiger partial charge in [-0.2, -0.15) is 0 Å². The highest BCUT2D eigenvalue weighted by molar-refractivity contribution is 7.14. The first-order valence-corrected chi connectivity index (χ1v) is 10.4. The van der Waals surface area contributed by atoms with Gasteiger partial charge in [0.1, 0.15) is 12.1 Å². The molecule has 2 heterocycles. The van der Waals surface area contributed by atoms with Crippen molar-refractivity contribution in [2.75, 3.05) is 20.4 Å². The molecule has 7 nitrogen and oxygen atoms in total. The Balaban J connectivity index is 1.71. The highest BCUT2D eigenvalue weighted by Gasteiger charge is 2.33. The number of nitrogens with zero attached hydrogens (tertiary/aromatic N) is 1. The Morgan fingerprint density at radius 2 is 2.10 bits per heavy atom. The van der Waals surface area contributed by atoms with Crippen LogP contribution in [0.25, 0.3) is 0 Å². The third-order valence-electron chi connectivity index (χ3n) is 4.72. The lowest BCUT2D eigenvalue weighted by molar-refractivity contribution is -0.185. The lowest BCUT2D eigenvalue weighted by atomic mass is 10.0. The Hall–Kier alpha value is -1.68. The van der Waals surface area contributed by atoms with E-state index in [1.807, 2.05) is 29.2 Å². The number of thiophene rings is 1. The number of esters is 1. The molecule has 0 bridgehead atoms. The van der Waals surface area contributed by atoms with Gasteiger partial charge in [0.15, 0.2) is 18.1 Å². The summed E-state index contributed by atoms with van der Waals surface area (Å²) in [6.45, 7) is 2.49. The van der Waals surface area contributed by atoms with Crippen molar-refractivity contribution in [3.05, 3.63) is 51.4 Å². The number of rotatable bonds is 8. The Morgan fingerprint density at radius 1 is 1.34 bits per heavy atom. The number of hydrogen-bond donors (Lipinski definition) is 2. The summed E-state index contributed by atoms with van der Waals surface area (Å²) in [7, 11) is 1.37. The fourth-order valence-electron chi connectivity index (χ4n) is 3.20. The fourth-order valence-corrected chi connectivity index (χ4v) is 4.44. The molecule has 1 aromatic heterocycles. The first kappa shape index (κ1) is 22.0. The molecule has 1 aromatic carbocycles. The van der Waals surface area contributed by atoms with Gasteiger partial charge in [-0.05, 0) is 36.6 Å². The van der Waals surface area contributed by atoms with Gasteiger partial charge in [0, 0.05) is 23.0 Å². The molecule has 2 aromatic rings. The number of ether oxygens (including phenoxy) is 3. The van der Waals surface area contributed by atoms with Gasteiger partial charge in [0.05, 0.1) is 7.11 Å². The molecule has 1 aliphatic rings. The lowest BCUT2D eigenvalue weighted by Crippen LogP contribution is -2.38. The molecule has 0 amide bonds. The van der Waals surface area contributed by atoms with E-state index in [0.717, 1.165) is 17.5 Å². The summed E-state index contributed by atoms with van der Waals surface area (Å²) in [5.74, 6) is -0.353. The number of fused-ring (bicyclic) bond motifs is 1. The second-order valence-electron chi connectivity index (χ2n) is 6.74. The summed E-state index contributed by atoms with van der Waals surface area (Å²) in [6.07, 6.45) is -1.53. The average Bonchev–Trinajstić information content (AvgIpc) is 3.11. The highest BCUT2D eigenvalue weighted by Crippen LogP contribution is 2.37. The number of aliphatic hydroxyl groups is 2. The van der Waals surface area contributed by atoms with E-state index in [-0.39, 0.29) is 12.8 Å². The van der Waals surface area contributed by atoms with Crippen molar-refractivity contribution >= 4 is 28.9 Å². The van der Waals surface area contributed by atoms with E-state index < -0.39 is 18.4 Å². The number of methoxy groups -OCH3 is 1. The molecule has 3 unspecified atom stereocenters. The zero-order valence-corrected chi connectivity index (χ0v) is 17.8. The summed E-state index contributed by atoms with van der Waals surface area (Å²) >= 11 is 7.85. The van der Waals surface area contributed by atoms with Crippen LogP contribution in [0, 0.1) is 0 Å². The number of halogens is 1. The van der Waals surface area contributed by atoms with Gasteiger partial charge in [-0.3, -0.25) is 4.90 Å². The average molecular weight is 442 g/mol. The Bertz CT molecular complexity index is 842. The maximum atomic E-state index is 12.5. The molecule has 3 rings (SSSR count). The van der Waals surface area contributed by atoms with Gasteiger partial charge in [0.2, 0.25) is 0 Å². The topological polar surface area (TPSA) is 88.5 Å². The zero-order chi connectivity index (χ0) is 21.0. The quantitative estimate of drug-likeness (QED) is 0.481. The van der Waals surface area contributed by atoms with Crippen molar-refractivity contribution in [2.24, 2.45) is 0 Å². The minimum atomic E-state index is -1.29. The van der Waals surface area contributed by atoms with Crippen molar-refractivity contribution < 1.29 is 29.2 Å². The normalized spacial score (nSPS) is 17.3. The van der Waals surface area contributed by atoms with Crippen LogP contribution in [0.15, 0.2) is 30.3 Å². The molecule has 0 saturated carbocycles. The van der Waals surface area contributed by atoms with E-state index >= 15 is 0 Å². The predicted octanol–water partition coefficient (Wildman–Crippen LogP) is 2.73. The predicted molar refractivity (Wildman–Crippen MR) is 109 cm³/mol. The Kier molecular flexibility index (Phi) is 7.50. The minimum absolute atomic E-state index is 0.167. The molecule has 29 heavy (non-hydrogen) atoms. The molecule has 2 N–H and O–H groups in total. The van der Waals surface area contributed by atoms with Crippen LogP contribution in [-0.4, -0.2) is 53.9 Å². The van der Waals surface area contributed by atoms with E-state index in [2.05, 4.69) is 0 Å². The highest BCUT2D eigenvalue weighted by atomic mass is 35.5. The van der Waals surface area contributed by atoms with Crippen LogP contribution in [0.4, 0.5) is 0 Å². The standard InChI is InChI=1S/C20H24ClNO6S/c1-12(23)19(24)28-11-27-17-9-13-10-22(8-7-16(13)29-17)18(20(25)26-2)14-5-3-4-6-15(14)21/h3-6,9,12,18-19,23-24H,7-8,10-11H2,1-2H3. The largest absolute Gasteiger partial charge is 0.468 e. The third-order valence-corrected chi connectivity index (χ3v) is 6.21. The molecule has 0 fully saturated rings. The molecule has 1 aliphatic heterocycles. The van der Waals surface area contributed by atoms with Gasteiger partial charge in [0.25, 0.3) is 0 Å².